The van der Waals surface area contributed by atoms with Crippen molar-refractivity contribution in [3.05, 3.63) is 18.2 Å². The van der Waals surface area contributed by atoms with Gasteiger partial charge in [0.1, 0.15) is 17.6 Å². The number of nitrogens with one attached hydrogen (secondary N) is 1. The molecule has 1 saturated heterocycles. The summed E-state index contributed by atoms with van der Waals surface area (Å²) in [6.45, 7) is 3.30. The number of anilines is 1. The minimum atomic E-state index is -0.398. The highest BCUT2D eigenvalue weighted by atomic mass is 127. The molecule has 27 heavy (non-hydrogen) atoms. The monoisotopic (exact) mass is 491 g/mol. The Kier molecular flexibility index (Phi) is 7.99. The van der Waals surface area contributed by atoms with Crippen LogP contribution in [0.1, 0.15) is 32.6 Å². The maximum atomic E-state index is 6.16. The first-order valence-electron chi connectivity index (χ1n) is 9.14. The van der Waals surface area contributed by atoms with E-state index in [-0.39, 0.29) is 30.1 Å². The summed E-state index contributed by atoms with van der Waals surface area (Å²) < 4.78 is 22.7. The van der Waals surface area contributed by atoms with Crippen molar-refractivity contribution in [2.45, 2.75) is 44.5 Å². The Morgan fingerprint density at radius 1 is 1.30 bits per heavy atom. The number of nitrogens with two attached hydrogens (primary N) is 1. The third kappa shape index (κ3) is 5.61. The lowest BCUT2D eigenvalue weighted by molar-refractivity contribution is -0.190. The molecular weight excluding hydrogens is 461 g/mol. The highest BCUT2D eigenvalue weighted by Crippen LogP contribution is 2.39. The van der Waals surface area contributed by atoms with Crippen LogP contribution in [0.5, 0.6) is 11.5 Å². The van der Waals surface area contributed by atoms with E-state index in [4.69, 9.17) is 24.7 Å². The molecule has 1 aliphatic carbocycles. The van der Waals surface area contributed by atoms with Gasteiger partial charge in [-0.3, -0.25) is 4.99 Å². The molecule has 0 aromatic heterocycles. The molecule has 0 bridgehead atoms. The summed E-state index contributed by atoms with van der Waals surface area (Å²) in [5.74, 6) is 2.04. The predicted molar refractivity (Wildman–Crippen MR) is 116 cm³/mol. The van der Waals surface area contributed by atoms with Crippen molar-refractivity contribution in [3.8, 4) is 11.5 Å². The van der Waals surface area contributed by atoms with Gasteiger partial charge < -0.3 is 30.0 Å². The second-order valence-corrected chi connectivity index (χ2v) is 7.06. The number of methoxy groups -OCH3 is 2. The molecule has 1 heterocycles. The second kappa shape index (κ2) is 9.79. The Morgan fingerprint density at radius 3 is 2.70 bits per heavy atom. The largest absolute Gasteiger partial charge is 0.497 e. The zero-order valence-electron chi connectivity index (χ0n) is 16.2. The molecule has 1 saturated carbocycles. The highest BCUT2D eigenvalue weighted by Gasteiger charge is 2.43. The molecule has 3 rings (SSSR count). The van der Waals surface area contributed by atoms with Crippen molar-refractivity contribution >= 4 is 35.6 Å². The van der Waals surface area contributed by atoms with Gasteiger partial charge in [0.15, 0.2) is 11.7 Å². The Hall–Kier alpha value is -1.26. The molecule has 1 aliphatic heterocycles. The van der Waals surface area contributed by atoms with Gasteiger partial charge in [0.2, 0.25) is 0 Å². The summed E-state index contributed by atoms with van der Waals surface area (Å²) in [5, 5.41) is 3.06. The van der Waals surface area contributed by atoms with E-state index in [1.165, 1.54) is 0 Å². The van der Waals surface area contributed by atoms with Gasteiger partial charge in [0, 0.05) is 18.9 Å². The number of ether oxygens (including phenoxy) is 4. The topological polar surface area (TPSA) is 87.3 Å². The first kappa shape index (κ1) is 22.0. The van der Waals surface area contributed by atoms with Crippen molar-refractivity contribution in [3.63, 3.8) is 0 Å². The molecule has 1 atom stereocenters. The minimum absolute atomic E-state index is 0. The summed E-state index contributed by atoms with van der Waals surface area (Å²) in [7, 11) is 3.22. The number of aliphatic imine (C=N–C) groups is 1. The molecule has 152 valence electrons. The molecule has 2 aliphatic rings. The Labute approximate surface area is 178 Å². The van der Waals surface area contributed by atoms with Crippen LogP contribution >= 0.6 is 24.0 Å². The molecular formula is C19H30IN3O4. The fraction of sp³-hybridized carbons (Fsp3) is 0.632. The van der Waals surface area contributed by atoms with E-state index in [0.717, 1.165) is 31.6 Å². The van der Waals surface area contributed by atoms with Gasteiger partial charge in [-0.1, -0.05) is 6.92 Å². The maximum Gasteiger partial charge on any atom is 0.193 e. The molecule has 1 aromatic carbocycles. The molecule has 0 radical (unpaired) electrons. The van der Waals surface area contributed by atoms with E-state index in [9.17, 15) is 0 Å². The van der Waals surface area contributed by atoms with Crippen molar-refractivity contribution in [1.29, 1.82) is 0 Å². The number of hydrogen-bond donors (Lipinski definition) is 2. The quantitative estimate of drug-likeness (QED) is 0.373. The average molecular weight is 491 g/mol. The summed E-state index contributed by atoms with van der Waals surface area (Å²) in [6.07, 6.45) is 4.16. The lowest BCUT2D eigenvalue weighted by atomic mass is 9.86. The van der Waals surface area contributed by atoms with Crippen molar-refractivity contribution in [2.75, 3.05) is 32.7 Å². The van der Waals surface area contributed by atoms with Gasteiger partial charge in [-0.25, -0.2) is 0 Å². The van der Waals surface area contributed by atoms with E-state index in [1.54, 1.807) is 14.2 Å². The summed E-state index contributed by atoms with van der Waals surface area (Å²) in [5.41, 5.74) is 6.74. The highest BCUT2D eigenvalue weighted by molar-refractivity contribution is 14.0. The van der Waals surface area contributed by atoms with Crippen molar-refractivity contribution in [2.24, 2.45) is 16.6 Å². The molecule has 3 N–H and O–H groups in total. The summed E-state index contributed by atoms with van der Waals surface area (Å²) >= 11 is 0. The molecule has 2 fully saturated rings. The zero-order chi connectivity index (χ0) is 18.6. The van der Waals surface area contributed by atoms with Crippen LogP contribution < -0.4 is 20.5 Å². The van der Waals surface area contributed by atoms with E-state index in [2.05, 4.69) is 17.2 Å². The first-order valence-corrected chi connectivity index (χ1v) is 9.14. The van der Waals surface area contributed by atoms with Crippen molar-refractivity contribution < 1.29 is 18.9 Å². The minimum Gasteiger partial charge on any atom is -0.497 e. The second-order valence-electron chi connectivity index (χ2n) is 7.06. The average Bonchev–Trinajstić information content (AvgIpc) is 3.05. The van der Waals surface area contributed by atoms with E-state index < -0.39 is 5.79 Å². The van der Waals surface area contributed by atoms with Gasteiger partial charge in [-0.2, -0.15) is 0 Å². The molecule has 0 amide bonds. The number of rotatable bonds is 5. The Balaban J connectivity index is 0.00000261. The van der Waals surface area contributed by atoms with Crippen LogP contribution in [0.2, 0.25) is 0 Å². The van der Waals surface area contributed by atoms with Crippen molar-refractivity contribution in [1.82, 2.24) is 0 Å². The van der Waals surface area contributed by atoms with Crippen LogP contribution in [0.3, 0.4) is 0 Å². The number of benzene rings is 1. The molecule has 1 aromatic rings. The summed E-state index contributed by atoms with van der Waals surface area (Å²) in [6, 6.07) is 5.45. The molecule has 1 spiro atoms. The predicted octanol–water partition coefficient (Wildman–Crippen LogP) is 3.37. The van der Waals surface area contributed by atoms with Crippen LogP contribution in [0.4, 0.5) is 5.69 Å². The van der Waals surface area contributed by atoms with Gasteiger partial charge >= 0.3 is 0 Å². The lowest BCUT2D eigenvalue weighted by Crippen LogP contribution is -2.35. The van der Waals surface area contributed by atoms with Crippen LogP contribution in [-0.4, -0.2) is 45.2 Å². The van der Waals surface area contributed by atoms with Crippen LogP contribution in [0.15, 0.2) is 23.2 Å². The fourth-order valence-electron chi connectivity index (χ4n) is 3.46. The van der Waals surface area contributed by atoms with Gasteiger partial charge in [-0.15, -0.1) is 24.0 Å². The van der Waals surface area contributed by atoms with Crippen LogP contribution in [0, 0.1) is 5.92 Å². The number of halogens is 1. The van der Waals surface area contributed by atoms with E-state index in [1.807, 2.05) is 18.2 Å². The third-order valence-electron chi connectivity index (χ3n) is 5.08. The lowest BCUT2D eigenvalue weighted by Gasteiger charge is -2.34. The van der Waals surface area contributed by atoms with Crippen LogP contribution in [0.25, 0.3) is 0 Å². The van der Waals surface area contributed by atoms with E-state index in [0.29, 0.717) is 36.3 Å². The fourth-order valence-corrected chi connectivity index (χ4v) is 3.46. The first-order chi connectivity index (χ1) is 12.5. The maximum absolute atomic E-state index is 6.16. The van der Waals surface area contributed by atoms with Gasteiger partial charge in [-0.05, 0) is 30.9 Å². The molecule has 1 unspecified atom stereocenters. The Bertz CT molecular complexity index is 648. The normalized spacial score (nSPS) is 27.9. The molecule has 7 nitrogen and oxygen atoms in total. The SMILES string of the molecule is COc1ccc(OC)c(NC(N)=NCC2COC3(CCC(C)CC3)O2)c1.I. The van der Waals surface area contributed by atoms with E-state index >= 15 is 0 Å². The van der Waals surface area contributed by atoms with Crippen LogP contribution in [-0.2, 0) is 9.47 Å². The Morgan fingerprint density at radius 2 is 2.04 bits per heavy atom. The summed E-state index contributed by atoms with van der Waals surface area (Å²) in [4.78, 5) is 4.41. The zero-order valence-corrected chi connectivity index (χ0v) is 18.5. The van der Waals surface area contributed by atoms with Gasteiger partial charge in [0.05, 0.1) is 33.1 Å². The number of guanidine groups is 1. The third-order valence-corrected chi connectivity index (χ3v) is 5.08. The molecule has 8 heteroatoms. The number of hydrogen-bond acceptors (Lipinski definition) is 5. The number of nitrogens with zero attached hydrogens (tertiary/aromatic N) is 1. The van der Waals surface area contributed by atoms with Gasteiger partial charge in [0.25, 0.3) is 0 Å². The standard InChI is InChI=1S/C19H29N3O4.HI/c1-13-6-8-19(9-7-13)25-12-15(26-19)11-21-18(20)22-16-10-14(23-2)4-5-17(16)24-3;/h4-5,10,13,15H,6-9,11-12H2,1-3H3,(H3,20,21,22);1H. The smallest absolute Gasteiger partial charge is 0.193 e.